The lowest BCUT2D eigenvalue weighted by Gasteiger charge is -2.19. The summed E-state index contributed by atoms with van der Waals surface area (Å²) < 4.78 is 26.1. The molecule has 3 heterocycles. The van der Waals surface area contributed by atoms with Crippen molar-refractivity contribution in [2.75, 3.05) is 18.5 Å². The summed E-state index contributed by atoms with van der Waals surface area (Å²) >= 11 is 0. The quantitative estimate of drug-likeness (QED) is 0.633. The van der Waals surface area contributed by atoms with Crippen LogP contribution in [0.2, 0.25) is 0 Å². The smallest absolute Gasteiger partial charge is 0.343 e. The summed E-state index contributed by atoms with van der Waals surface area (Å²) in [4.78, 5) is 16.6. The largest absolute Gasteiger partial charge is 0.490 e. The molecule has 8 heteroatoms. The molecular weight excluding hydrogens is 327 g/mol. The maximum atomic E-state index is 13.7. The van der Waals surface area contributed by atoms with E-state index >= 15 is 0 Å². The van der Waals surface area contributed by atoms with E-state index in [0.717, 1.165) is 0 Å². The average molecular weight is 342 g/mol. The van der Waals surface area contributed by atoms with Crippen molar-refractivity contribution in [3.05, 3.63) is 53.6 Å². The molecule has 0 unspecified atom stereocenters. The highest BCUT2D eigenvalue weighted by Gasteiger charge is 2.19. The lowest BCUT2D eigenvalue weighted by molar-refractivity contribution is 0.0452. The van der Waals surface area contributed by atoms with Crippen LogP contribution in [0, 0.1) is 5.82 Å². The van der Waals surface area contributed by atoms with Gasteiger partial charge in [0.25, 0.3) is 0 Å². The van der Waals surface area contributed by atoms with Crippen LogP contribution in [0.25, 0.3) is 5.65 Å². The molecule has 0 amide bonds. The van der Waals surface area contributed by atoms with Gasteiger partial charge in [0.2, 0.25) is 0 Å². The molecule has 1 N–H and O–H groups in total. The van der Waals surface area contributed by atoms with Gasteiger partial charge in [-0.3, -0.25) is 0 Å². The summed E-state index contributed by atoms with van der Waals surface area (Å²) in [5, 5.41) is 7.30. The number of hydrogen-bond donors (Lipinski definition) is 1. The van der Waals surface area contributed by atoms with Crippen molar-refractivity contribution in [3.8, 4) is 5.75 Å². The Morgan fingerprint density at radius 3 is 3.00 bits per heavy atom. The number of halogens is 1. The average Bonchev–Trinajstić information content (AvgIpc) is 3.02. The molecule has 1 atom stereocenters. The standard InChI is InChI=1S/C17H15FN4O3/c1-10-12-8-11(18)2-3-14(12)24-6-7-25-17(23)13-9-19-22-5-4-15(20-10)21-16(13)22/h2-5,8-10H,6-7H2,1H3,(H,20,21)/t10-/m1/s1. The first-order chi connectivity index (χ1) is 12.1. The molecule has 4 rings (SSSR count). The monoisotopic (exact) mass is 342 g/mol. The topological polar surface area (TPSA) is 77.8 Å². The second-order valence-electron chi connectivity index (χ2n) is 5.67. The minimum Gasteiger partial charge on any atom is -0.490 e. The molecule has 25 heavy (non-hydrogen) atoms. The Balaban J connectivity index is 1.80. The van der Waals surface area contributed by atoms with Crippen LogP contribution in [0.3, 0.4) is 0 Å². The Labute approximate surface area is 142 Å². The van der Waals surface area contributed by atoms with Crippen LogP contribution in [-0.2, 0) is 4.74 Å². The van der Waals surface area contributed by atoms with Gasteiger partial charge in [-0.2, -0.15) is 5.10 Å². The number of benzene rings is 1. The van der Waals surface area contributed by atoms with Crippen LogP contribution in [0.4, 0.5) is 10.2 Å². The SMILES string of the molecule is C[C@H]1Nc2ccn3ncc(c3n2)C(=O)OCCOc2ccc(F)cc21. The number of hydrogen-bond acceptors (Lipinski definition) is 6. The Morgan fingerprint density at radius 1 is 1.28 bits per heavy atom. The van der Waals surface area contributed by atoms with E-state index in [-0.39, 0.29) is 30.6 Å². The minimum atomic E-state index is -0.519. The van der Waals surface area contributed by atoms with Gasteiger partial charge >= 0.3 is 5.97 Å². The number of aromatic nitrogens is 3. The van der Waals surface area contributed by atoms with Gasteiger partial charge in [0, 0.05) is 11.8 Å². The van der Waals surface area contributed by atoms with Gasteiger partial charge < -0.3 is 14.8 Å². The van der Waals surface area contributed by atoms with E-state index in [0.29, 0.717) is 22.8 Å². The molecule has 2 bridgehead atoms. The number of carbonyl (C=O) groups is 1. The van der Waals surface area contributed by atoms with Crippen LogP contribution < -0.4 is 10.1 Å². The van der Waals surface area contributed by atoms with E-state index < -0.39 is 5.97 Å². The number of carbonyl (C=O) groups excluding carboxylic acids is 1. The summed E-state index contributed by atoms with van der Waals surface area (Å²) in [5.41, 5.74) is 1.32. The number of ether oxygens (including phenoxy) is 2. The zero-order valence-corrected chi connectivity index (χ0v) is 13.4. The first kappa shape index (κ1) is 15.4. The van der Waals surface area contributed by atoms with E-state index in [1.165, 1.54) is 22.8 Å². The zero-order valence-electron chi connectivity index (χ0n) is 13.4. The highest BCUT2D eigenvalue weighted by Crippen LogP contribution is 2.29. The molecule has 0 saturated heterocycles. The molecule has 1 aliphatic rings. The first-order valence-electron chi connectivity index (χ1n) is 7.82. The Bertz CT molecular complexity index is 956. The number of nitrogens with one attached hydrogen (secondary N) is 1. The van der Waals surface area contributed by atoms with Crippen molar-refractivity contribution in [1.82, 2.24) is 14.6 Å². The molecule has 1 aliphatic heterocycles. The maximum Gasteiger partial charge on any atom is 0.343 e. The number of rotatable bonds is 0. The number of cyclic esters (lactones) is 1. The van der Waals surface area contributed by atoms with Crippen LogP contribution in [0.5, 0.6) is 5.75 Å². The Kier molecular flexibility index (Phi) is 3.72. The summed E-state index contributed by atoms with van der Waals surface area (Å²) in [6.45, 7) is 2.10. The van der Waals surface area contributed by atoms with Gasteiger partial charge in [0.1, 0.15) is 36.2 Å². The van der Waals surface area contributed by atoms with Gasteiger partial charge in [0.15, 0.2) is 5.65 Å². The highest BCUT2D eigenvalue weighted by atomic mass is 19.1. The first-order valence-corrected chi connectivity index (χ1v) is 7.82. The highest BCUT2D eigenvalue weighted by molar-refractivity contribution is 5.95. The van der Waals surface area contributed by atoms with Crippen LogP contribution in [0.15, 0.2) is 36.7 Å². The molecule has 7 nitrogen and oxygen atoms in total. The fraction of sp³-hybridized carbons (Fsp3) is 0.235. The predicted molar refractivity (Wildman–Crippen MR) is 87.2 cm³/mol. The lowest BCUT2D eigenvalue weighted by atomic mass is 10.1. The van der Waals surface area contributed by atoms with E-state index in [2.05, 4.69) is 15.4 Å². The predicted octanol–water partition coefficient (Wildman–Crippen LogP) is 2.59. The fourth-order valence-corrected chi connectivity index (χ4v) is 2.75. The third-order valence-corrected chi connectivity index (χ3v) is 3.97. The molecular formula is C17H15FN4O3. The molecule has 0 aliphatic carbocycles. The van der Waals surface area contributed by atoms with Crippen molar-refractivity contribution in [2.24, 2.45) is 0 Å². The second-order valence-corrected chi connectivity index (χ2v) is 5.67. The van der Waals surface area contributed by atoms with Crippen molar-refractivity contribution in [3.63, 3.8) is 0 Å². The van der Waals surface area contributed by atoms with Gasteiger partial charge in [-0.25, -0.2) is 18.7 Å². The van der Waals surface area contributed by atoms with Crippen LogP contribution in [0.1, 0.15) is 28.9 Å². The Hall–Kier alpha value is -3.16. The van der Waals surface area contributed by atoms with Gasteiger partial charge in [-0.05, 0) is 31.2 Å². The number of esters is 1. The number of anilines is 1. The van der Waals surface area contributed by atoms with Crippen LogP contribution in [-0.4, -0.2) is 33.8 Å². The molecule has 0 saturated carbocycles. The van der Waals surface area contributed by atoms with E-state index in [1.807, 2.05) is 6.92 Å². The minimum absolute atomic E-state index is 0.0640. The third-order valence-electron chi connectivity index (χ3n) is 3.97. The molecule has 128 valence electrons. The number of nitrogens with zero attached hydrogens (tertiary/aromatic N) is 3. The summed E-state index contributed by atoms with van der Waals surface area (Å²) in [6.07, 6.45) is 3.11. The van der Waals surface area contributed by atoms with E-state index in [4.69, 9.17) is 9.47 Å². The molecule has 0 spiro atoms. The molecule has 0 radical (unpaired) electrons. The van der Waals surface area contributed by atoms with Gasteiger partial charge in [-0.15, -0.1) is 0 Å². The van der Waals surface area contributed by atoms with Crippen LogP contribution >= 0.6 is 0 Å². The van der Waals surface area contributed by atoms with Crippen molar-refractivity contribution in [2.45, 2.75) is 13.0 Å². The molecule has 1 aromatic carbocycles. The van der Waals surface area contributed by atoms with E-state index in [9.17, 15) is 9.18 Å². The van der Waals surface area contributed by atoms with Gasteiger partial charge in [0.05, 0.1) is 12.2 Å². The van der Waals surface area contributed by atoms with Crippen molar-refractivity contribution >= 4 is 17.4 Å². The van der Waals surface area contributed by atoms with Crippen molar-refractivity contribution < 1.29 is 18.7 Å². The summed E-state index contributed by atoms with van der Waals surface area (Å²) in [6, 6.07) is 5.78. The number of fused-ring (bicyclic) bond motifs is 2. The normalized spacial score (nSPS) is 17.5. The summed E-state index contributed by atoms with van der Waals surface area (Å²) in [5.74, 6) is 0.188. The zero-order chi connectivity index (χ0) is 17.4. The summed E-state index contributed by atoms with van der Waals surface area (Å²) in [7, 11) is 0. The van der Waals surface area contributed by atoms with Crippen molar-refractivity contribution in [1.29, 1.82) is 0 Å². The molecule has 2 aromatic heterocycles. The maximum absolute atomic E-state index is 13.7. The molecule has 3 aromatic rings. The third kappa shape index (κ3) is 2.86. The van der Waals surface area contributed by atoms with E-state index in [1.54, 1.807) is 18.3 Å². The molecule has 0 fully saturated rings. The van der Waals surface area contributed by atoms with Gasteiger partial charge in [-0.1, -0.05) is 0 Å². The fourth-order valence-electron chi connectivity index (χ4n) is 2.75. The lowest BCUT2D eigenvalue weighted by Crippen LogP contribution is -2.13. The second kappa shape index (κ2) is 6.04. The Morgan fingerprint density at radius 2 is 2.12 bits per heavy atom.